The van der Waals surface area contributed by atoms with Crippen LogP contribution in [0.25, 0.3) is 0 Å². The third kappa shape index (κ3) is 1.81. The van der Waals surface area contributed by atoms with E-state index in [-0.39, 0.29) is 5.78 Å². The van der Waals surface area contributed by atoms with E-state index >= 15 is 0 Å². The number of carbonyl (C=O) groups excluding carboxylic acids is 1. The highest BCUT2D eigenvalue weighted by Crippen LogP contribution is 2.33. The smallest absolute Gasteiger partial charge is 0.161 e. The fourth-order valence-electron chi connectivity index (χ4n) is 1.07. The van der Waals surface area contributed by atoms with Crippen LogP contribution in [0.5, 0.6) is 0 Å². The van der Waals surface area contributed by atoms with Gasteiger partial charge in [0.2, 0.25) is 0 Å². The number of aliphatic hydroxyl groups excluding tert-OH is 1. The highest BCUT2D eigenvalue weighted by atomic mass is 16.3. The Hall–Kier alpha value is -0.370. The molecular formula is C8H14O2. The number of hydrogen-bond donors (Lipinski definition) is 1. The van der Waals surface area contributed by atoms with Crippen molar-refractivity contribution in [2.75, 3.05) is 0 Å². The van der Waals surface area contributed by atoms with Crippen LogP contribution in [0.2, 0.25) is 0 Å². The van der Waals surface area contributed by atoms with Crippen LogP contribution in [0, 0.1) is 5.92 Å². The van der Waals surface area contributed by atoms with Crippen LogP contribution in [-0.4, -0.2) is 17.0 Å². The Morgan fingerprint density at radius 2 is 2.30 bits per heavy atom. The number of carbonyl (C=O) groups is 1. The molecule has 1 N–H and O–H groups in total. The molecule has 2 nitrogen and oxygen atoms in total. The maximum atomic E-state index is 11.0. The lowest BCUT2D eigenvalue weighted by atomic mass is 10.1. The van der Waals surface area contributed by atoms with Crippen molar-refractivity contribution < 1.29 is 9.90 Å². The lowest BCUT2D eigenvalue weighted by Crippen LogP contribution is -2.21. The molecule has 0 spiro atoms. The van der Waals surface area contributed by atoms with Crippen LogP contribution in [0.1, 0.15) is 32.6 Å². The van der Waals surface area contributed by atoms with Crippen molar-refractivity contribution in [3.63, 3.8) is 0 Å². The van der Waals surface area contributed by atoms with Crippen LogP contribution < -0.4 is 0 Å². The molecule has 0 heterocycles. The Bertz CT molecular complexity index is 127. The summed E-state index contributed by atoms with van der Waals surface area (Å²) in [6, 6.07) is 0. The molecule has 0 aromatic carbocycles. The number of aliphatic hydroxyl groups is 1. The molecule has 0 amide bonds. The third-order valence-electron chi connectivity index (χ3n) is 1.89. The topological polar surface area (TPSA) is 37.3 Å². The molecule has 0 aromatic heterocycles. The fraction of sp³-hybridized carbons (Fsp3) is 0.875. The quantitative estimate of drug-likeness (QED) is 0.638. The highest BCUT2D eigenvalue weighted by Gasteiger charge is 2.33. The van der Waals surface area contributed by atoms with Crippen molar-refractivity contribution in [2.45, 2.75) is 38.7 Å². The second-order valence-electron chi connectivity index (χ2n) is 3.00. The fourth-order valence-corrected chi connectivity index (χ4v) is 1.07. The van der Waals surface area contributed by atoms with Gasteiger partial charge in [-0.1, -0.05) is 6.92 Å². The molecule has 1 atom stereocenters. The first kappa shape index (κ1) is 7.73. The van der Waals surface area contributed by atoms with Gasteiger partial charge in [-0.2, -0.15) is 0 Å². The lowest BCUT2D eigenvalue weighted by molar-refractivity contribution is -0.128. The van der Waals surface area contributed by atoms with E-state index in [1.54, 1.807) is 0 Å². The molecule has 1 rings (SSSR count). The molecule has 1 aliphatic rings. The molecule has 10 heavy (non-hydrogen) atoms. The van der Waals surface area contributed by atoms with E-state index < -0.39 is 6.10 Å². The van der Waals surface area contributed by atoms with Crippen molar-refractivity contribution >= 4 is 5.78 Å². The lowest BCUT2D eigenvalue weighted by Gasteiger charge is -2.05. The van der Waals surface area contributed by atoms with Crippen LogP contribution >= 0.6 is 0 Å². The molecule has 0 aliphatic heterocycles. The SMILES string of the molecule is CCCC(=O)C(O)C1CC1. The van der Waals surface area contributed by atoms with E-state index in [4.69, 9.17) is 0 Å². The summed E-state index contributed by atoms with van der Waals surface area (Å²) in [5.41, 5.74) is 0. The van der Waals surface area contributed by atoms with E-state index in [1.165, 1.54) is 0 Å². The molecule has 0 radical (unpaired) electrons. The monoisotopic (exact) mass is 142 g/mol. The summed E-state index contributed by atoms with van der Waals surface area (Å²) in [5, 5.41) is 9.24. The normalized spacial score (nSPS) is 20.6. The largest absolute Gasteiger partial charge is 0.385 e. The molecule has 0 saturated heterocycles. The molecule has 58 valence electrons. The van der Waals surface area contributed by atoms with E-state index in [2.05, 4.69) is 0 Å². The summed E-state index contributed by atoms with van der Waals surface area (Å²) >= 11 is 0. The summed E-state index contributed by atoms with van der Waals surface area (Å²) in [6.07, 6.45) is 2.83. The Morgan fingerprint density at radius 3 is 2.70 bits per heavy atom. The van der Waals surface area contributed by atoms with E-state index in [1.807, 2.05) is 6.92 Å². The van der Waals surface area contributed by atoms with Gasteiger partial charge in [0.15, 0.2) is 5.78 Å². The van der Waals surface area contributed by atoms with E-state index in [9.17, 15) is 9.90 Å². The Labute approximate surface area is 61.2 Å². The molecule has 1 saturated carbocycles. The number of rotatable bonds is 4. The van der Waals surface area contributed by atoms with Gasteiger partial charge in [0.25, 0.3) is 0 Å². The van der Waals surface area contributed by atoms with Crippen molar-refractivity contribution in [3.05, 3.63) is 0 Å². The zero-order chi connectivity index (χ0) is 7.56. The van der Waals surface area contributed by atoms with Gasteiger partial charge in [-0.25, -0.2) is 0 Å². The van der Waals surface area contributed by atoms with Gasteiger partial charge in [0, 0.05) is 6.42 Å². The Kier molecular flexibility index (Phi) is 2.44. The van der Waals surface area contributed by atoms with Crippen molar-refractivity contribution in [1.29, 1.82) is 0 Å². The molecule has 1 aliphatic carbocycles. The molecule has 2 heteroatoms. The van der Waals surface area contributed by atoms with Crippen molar-refractivity contribution in [1.82, 2.24) is 0 Å². The van der Waals surface area contributed by atoms with Crippen LogP contribution in [0.4, 0.5) is 0 Å². The molecule has 1 fully saturated rings. The van der Waals surface area contributed by atoms with Gasteiger partial charge in [-0.05, 0) is 25.2 Å². The molecular weight excluding hydrogens is 128 g/mol. The van der Waals surface area contributed by atoms with E-state index in [0.29, 0.717) is 12.3 Å². The summed E-state index contributed by atoms with van der Waals surface area (Å²) in [4.78, 5) is 11.0. The first-order valence-corrected chi connectivity index (χ1v) is 3.96. The van der Waals surface area contributed by atoms with Crippen molar-refractivity contribution in [3.8, 4) is 0 Å². The van der Waals surface area contributed by atoms with Gasteiger partial charge >= 0.3 is 0 Å². The van der Waals surface area contributed by atoms with Gasteiger partial charge < -0.3 is 5.11 Å². The average Bonchev–Trinajstić information content (AvgIpc) is 2.68. The predicted octanol–water partition coefficient (Wildman–Crippen LogP) is 1.13. The zero-order valence-electron chi connectivity index (χ0n) is 6.34. The maximum Gasteiger partial charge on any atom is 0.161 e. The Balaban J connectivity index is 2.24. The third-order valence-corrected chi connectivity index (χ3v) is 1.89. The van der Waals surface area contributed by atoms with Gasteiger partial charge in [-0.3, -0.25) is 4.79 Å². The second-order valence-corrected chi connectivity index (χ2v) is 3.00. The summed E-state index contributed by atoms with van der Waals surface area (Å²) in [7, 11) is 0. The summed E-state index contributed by atoms with van der Waals surface area (Å²) in [5.74, 6) is 0.337. The maximum absolute atomic E-state index is 11.0. The van der Waals surface area contributed by atoms with Gasteiger partial charge in [0.05, 0.1) is 0 Å². The predicted molar refractivity (Wildman–Crippen MR) is 38.6 cm³/mol. The standard InChI is InChI=1S/C8H14O2/c1-2-3-7(9)8(10)6-4-5-6/h6,8,10H,2-5H2,1H3. The molecule has 1 unspecified atom stereocenters. The Morgan fingerprint density at radius 1 is 1.70 bits per heavy atom. The second kappa shape index (κ2) is 3.15. The highest BCUT2D eigenvalue weighted by molar-refractivity contribution is 5.83. The minimum absolute atomic E-state index is 0.0324. The van der Waals surface area contributed by atoms with Crippen LogP contribution in [0.3, 0.4) is 0 Å². The van der Waals surface area contributed by atoms with E-state index in [0.717, 1.165) is 19.3 Å². The minimum Gasteiger partial charge on any atom is -0.385 e. The number of Topliss-reactive ketones (excluding diaryl/α,β-unsaturated/α-hetero) is 1. The molecule has 0 aromatic rings. The zero-order valence-corrected chi connectivity index (χ0v) is 6.34. The summed E-state index contributed by atoms with van der Waals surface area (Å²) < 4.78 is 0. The van der Waals surface area contributed by atoms with Crippen LogP contribution in [0.15, 0.2) is 0 Å². The van der Waals surface area contributed by atoms with Gasteiger partial charge in [0.1, 0.15) is 6.10 Å². The first-order chi connectivity index (χ1) is 4.75. The first-order valence-electron chi connectivity index (χ1n) is 3.96. The van der Waals surface area contributed by atoms with Gasteiger partial charge in [-0.15, -0.1) is 0 Å². The van der Waals surface area contributed by atoms with Crippen LogP contribution in [-0.2, 0) is 4.79 Å². The minimum atomic E-state index is -0.639. The number of hydrogen-bond acceptors (Lipinski definition) is 2. The number of ketones is 1. The molecule has 0 bridgehead atoms. The summed E-state index contributed by atoms with van der Waals surface area (Å²) in [6.45, 7) is 1.96. The van der Waals surface area contributed by atoms with Crippen molar-refractivity contribution in [2.24, 2.45) is 5.92 Å². The average molecular weight is 142 g/mol.